The van der Waals surface area contributed by atoms with Crippen molar-refractivity contribution in [3.8, 4) is 0 Å². The second-order valence-corrected chi connectivity index (χ2v) is 6.86. The molecule has 1 aliphatic heterocycles. The minimum atomic E-state index is -0.0539. The minimum Gasteiger partial charge on any atom is -0.353 e. The molecular formula is C20H29N3O3. The van der Waals surface area contributed by atoms with E-state index in [1.54, 1.807) is 36.1 Å². The number of piperidine rings is 1. The average Bonchev–Trinajstić information content (AvgIpc) is 2.67. The lowest BCUT2D eigenvalue weighted by molar-refractivity contribution is -0.127. The van der Waals surface area contributed by atoms with Crippen molar-refractivity contribution >= 4 is 23.4 Å². The van der Waals surface area contributed by atoms with Crippen LogP contribution in [0.15, 0.2) is 24.3 Å². The summed E-state index contributed by atoms with van der Waals surface area (Å²) in [5.41, 5.74) is 1.29. The number of hydrogen-bond donors (Lipinski definition) is 2. The Morgan fingerprint density at radius 1 is 1.12 bits per heavy atom. The van der Waals surface area contributed by atoms with Crippen LogP contribution in [0.5, 0.6) is 0 Å². The van der Waals surface area contributed by atoms with Crippen LogP contribution < -0.4 is 10.6 Å². The highest BCUT2D eigenvalue weighted by molar-refractivity contribution is 5.96. The highest BCUT2D eigenvalue weighted by Gasteiger charge is 2.28. The molecule has 1 fully saturated rings. The molecule has 1 aliphatic rings. The number of anilines is 1. The molecule has 26 heavy (non-hydrogen) atoms. The maximum atomic E-state index is 12.6. The smallest absolute Gasteiger partial charge is 0.253 e. The fraction of sp³-hybridized carbons (Fsp3) is 0.550. The zero-order valence-corrected chi connectivity index (χ0v) is 15.9. The van der Waals surface area contributed by atoms with Gasteiger partial charge in [0.2, 0.25) is 11.8 Å². The standard InChI is InChI=1S/C20H29N3O3/c1-4-14(3)21-19(25)15-10-12-23(13-11-15)20(26)16-6-8-17(9-7-16)22-18(24)5-2/h6-9,14-15H,4-5,10-13H2,1-3H3,(H,21,25)(H,22,24)/t14-/m0/s1. The minimum absolute atomic E-state index is 0.0142. The van der Waals surface area contributed by atoms with Crippen LogP contribution in [0.2, 0.25) is 0 Å². The Bertz CT molecular complexity index is 634. The molecule has 0 saturated carbocycles. The predicted molar refractivity (Wildman–Crippen MR) is 102 cm³/mol. The summed E-state index contributed by atoms with van der Waals surface area (Å²) in [6.45, 7) is 7.02. The van der Waals surface area contributed by atoms with Gasteiger partial charge in [-0.3, -0.25) is 14.4 Å². The number of likely N-dealkylation sites (tertiary alicyclic amines) is 1. The van der Waals surface area contributed by atoms with Crippen molar-refractivity contribution in [2.75, 3.05) is 18.4 Å². The lowest BCUT2D eigenvalue weighted by atomic mass is 9.95. The van der Waals surface area contributed by atoms with Crippen LogP contribution in [0.3, 0.4) is 0 Å². The third kappa shape index (κ3) is 5.31. The van der Waals surface area contributed by atoms with E-state index in [2.05, 4.69) is 10.6 Å². The molecule has 142 valence electrons. The van der Waals surface area contributed by atoms with Gasteiger partial charge in [0.25, 0.3) is 5.91 Å². The normalized spacial score (nSPS) is 16.0. The van der Waals surface area contributed by atoms with Crippen molar-refractivity contribution < 1.29 is 14.4 Å². The fourth-order valence-corrected chi connectivity index (χ4v) is 2.94. The first kappa shape index (κ1) is 19.9. The number of carbonyl (C=O) groups excluding carboxylic acids is 3. The van der Waals surface area contributed by atoms with E-state index in [-0.39, 0.29) is 29.7 Å². The van der Waals surface area contributed by atoms with Crippen molar-refractivity contribution in [1.82, 2.24) is 10.2 Å². The molecular weight excluding hydrogens is 330 g/mol. The highest BCUT2D eigenvalue weighted by Crippen LogP contribution is 2.20. The van der Waals surface area contributed by atoms with Crippen molar-refractivity contribution in [2.45, 2.75) is 52.5 Å². The number of nitrogens with zero attached hydrogens (tertiary/aromatic N) is 1. The van der Waals surface area contributed by atoms with E-state index < -0.39 is 0 Å². The van der Waals surface area contributed by atoms with Crippen LogP contribution >= 0.6 is 0 Å². The van der Waals surface area contributed by atoms with Crippen LogP contribution in [-0.4, -0.2) is 41.8 Å². The first-order valence-corrected chi connectivity index (χ1v) is 9.44. The van der Waals surface area contributed by atoms with E-state index in [1.807, 2.05) is 13.8 Å². The van der Waals surface area contributed by atoms with Gasteiger partial charge in [-0.2, -0.15) is 0 Å². The molecule has 6 nitrogen and oxygen atoms in total. The first-order chi connectivity index (χ1) is 12.4. The summed E-state index contributed by atoms with van der Waals surface area (Å²) in [4.78, 5) is 38.0. The summed E-state index contributed by atoms with van der Waals surface area (Å²) < 4.78 is 0. The molecule has 3 amide bonds. The lowest BCUT2D eigenvalue weighted by Gasteiger charge is -2.32. The zero-order valence-electron chi connectivity index (χ0n) is 15.9. The molecule has 1 saturated heterocycles. The number of carbonyl (C=O) groups is 3. The molecule has 1 aromatic rings. The van der Waals surface area contributed by atoms with Crippen molar-refractivity contribution in [3.63, 3.8) is 0 Å². The summed E-state index contributed by atoms with van der Waals surface area (Å²) in [7, 11) is 0. The van der Waals surface area contributed by atoms with Crippen molar-refractivity contribution in [3.05, 3.63) is 29.8 Å². The molecule has 0 aliphatic carbocycles. The van der Waals surface area contributed by atoms with Crippen LogP contribution in [0.1, 0.15) is 56.8 Å². The number of benzene rings is 1. The van der Waals surface area contributed by atoms with Gasteiger partial charge in [0.15, 0.2) is 0 Å². The topological polar surface area (TPSA) is 78.5 Å². The van der Waals surface area contributed by atoms with Gasteiger partial charge in [0.05, 0.1) is 0 Å². The molecule has 6 heteroatoms. The van der Waals surface area contributed by atoms with E-state index in [4.69, 9.17) is 0 Å². The Labute approximate surface area is 155 Å². The number of rotatable bonds is 6. The van der Waals surface area contributed by atoms with E-state index >= 15 is 0 Å². The molecule has 1 aromatic carbocycles. The van der Waals surface area contributed by atoms with Gasteiger partial charge in [0, 0.05) is 42.7 Å². The molecule has 0 bridgehead atoms. The Morgan fingerprint density at radius 3 is 2.27 bits per heavy atom. The monoisotopic (exact) mass is 359 g/mol. The summed E-state index contributed by atoms with van der Waals surface area (Å²) in [5, 5.41) is 5.79. The third-order valence-electron chi connectivity index (χ3n) is 4.89. The van der Waals surface area contributed by atoms with Gasteiger partial charge < -0.3 is 15.5 Å². The van der Waals surface area contributed by atoms with Crippen LogP contribution in [0, 0.1) is 5.92 Å². The number of nitrogens with one attached hydrogen (secondary N) is 2. The molecule has 0 radical (unpaired) electrons. The Kier molecular flexibility index (Phi) is 7.18. The van der Waals surface area contributed by atoms with Gasteiger partial charge in [-0.05, 0) is 50.5 Å². The van der Waals surface area contributed by atoms with Gasteiger partial charge in [-0.15, -0.1) is 0 Å². The zero-order chi connectivity index (χ0) is 19.1. The summed E-state index contributed by atoms with van der Waals surface area (Å²) in [6, 6.07) is 7.14. The van der Waals surface area contributed by atoms with E-state index in [0.29, 0.717) is 43.6 Å². The molecule has 2 rings (SSSR count). The van der Waals surface area contributed by atoms with Crippen molar-refractivity contribution in [1.29, 1.82) is 0 Å². The quantitative estimate of drug-likeness (QED) is 0.820. The summed E-state index contributed by atoms with van der Waals surface area (Å²) in [5.74, 6) is 0.00289. The maximum absolute atomic E-state index is 12.6. The predicted octanol–water partition coefficient (Wildman–Crippen LogP) is 2.80. The number of hydrogen-bond acceptors (Lipinski definition) is 3. The maximum Gasteiger partial charge on any atom is 0.253 e. The Balaban J connectivity index is 1.88. The summed E-state index contributed by atoms with van der Waals surface area (Å²) in [6.07, 6.45) is 2.72. The summed E-state index contributed by atoms with van der Waals surface area (Å²) >= 11 is 0. The molecule has 1 heterocycles. The largest absolute Gasteiger partial charge is 0.353 e. The average molecular weight is 359 g/mol. The van der Waals surface area contributed by atoms with E-state index in [0.717, 1.165) is 6.42 Å². The van der Waals surface area contributed by atoms with Crippen molar-refractivity contribution in [2.24, 2.45) is 5.92 Å². The third-order valence-corrected chi connectivity index (χ3v) is 4.89. The lowest BCUT2D eigenvalue weighted by Crippen LogP contribution is -2.44. The van der Waals surface area contributed by atoms with Crippen LogP contribution in [0.4, 0.5) is 5.69 Å². The SMILES string of the molecule is CCC(=O)Nc1ccc(C(=O)N2CCC(C(=O)N[C@@H](C)CC)CC2)cc1. The Morgan fingerprint density at radius 2 is 1.73 bits per heavy atom. The second kappa shape index (κ2) is 9.36. The van der Waals surface area contributed by atoms with E-state index in [9.17, 15) is 14.4 Å². The second-order valence-electron chi connectivity index (χ2n) is 6.86. The molecule has 0 unspecified atom stereocenters. The molecule has 0 spiro atoms. The highest BCUT2D eigenvalue weighted by atomic mass is 16.2. The molecule has 0 aromatic heterocycles. The molecule has 1 atom stereocenters. The fourth-order valence-electron chi connectivity index (χ4n) is 2.94. The van der Waals surface area contributed by atoms with Gasteiger partial charge >= 0.3 is 0 Å². The first-order valence-electron chi connectivity index (χ1n) is 9.44. The van der Waals surface area contributed by atoms with Crippen LogP contribution in [0.25, 0.3) is 0 Å². The Hall–Kier alpha value is -2.37. The van der Waals surface area contributed by atoms with Gasteiger partial charge in [-0.1, -0.05) is 13.8 Å². The molecule has 2 N–H and O–H groups in total. The van der Waals surface area contributed by atoms with Crippen LogP contribution in [-0.2, 0) is 9.59 Å². The van der Waals surface area contributed by atoms with Gasteiger partial charge in [0.1, 0.15) is 0 Å². The van der Waals surface area contributed by atoms with Gasteiger partial charge in [-0.25, -0.2) is 0 Å². The van der Waals surface area contributed by atoms with E-state index in [1.165, 1.54) is 0 Å². The number of amides is 3.